The van der Waals surface area contributed by atoms with Crippen LogP contribution in [0.2, 0.25) is 0 Å². The van der Waals surface area contributed by atoms with Crippen LogP contribution in [0.25, 0.3) is 0 Å². The van der Waals surface area contributed by atoms with Crippen LogP contribution in [0.15, 0.2) is 12.7 Å². The summed E-state index contributed by atoms with van der Waals surface area (Å²) in [5.74, 6) is 0. The minimum Gasteiger partial charge on any atom is -0.428 e. The third-order valence-electron chi connectivity index (χ3n) is 2.97. The van der Waals surface area contributed by atoms with E-state index in [1.165, 1.54) is 25.7 Å². The van der Waals surface area contributed by atoms with Crippen molar-refractivity contribution < 1.29 is 4.43 Å². The molecule has 0 aliphatic heterocycles. The number of unbranched alkanes of at least 4 members (excludes halogenated alkanes) is 1. The number of rotatable bonds is 8. The lowest BCUT2D eigenvalue weighted by Crippen LogP contribution is -2.19. The van der Waals surface area contributed by atoms with Crippen molar-refractivity contribution in [3.63, 3.8) is 0 Å². The molecule has 0 fully saturated rings. The van der Waals surface area contributed by atoms with E-state index in [1.807, 2.05) is 0 Å². The molecule has 0 saturated heterocycles. The predicted octanol–water partition coefficient (Wildman–Crippen LogP) is 2.45. The van der Waals surface area contributed by atoms with E-state index < -0.39 is 0 Å². The van der Waals surface area contributed by atoms with E-state index in [9.17, 15) is 0 Å². The smallest absolute Gasteiger partial charge is 0.145 e. The first-order valence-corrected chi connectivity index (χ1v) is 6.19. The Bertz CT molecular complexity index is 126. The molecule has 0 saturated carbocycles. The van der Waals surface area contributed by atoms with Gasteiger partial charge in [0, 0.05) is 6.61 Å². The SMILES string of the molecule is C=CC(CC)(CCCC)CCO[SiH3]. The van der Waals surface area contributed by atoms with Gasteiger partial charge in [-0.15, -0.1) is 6.58 Å². The van der Waals surface area contributed by atoms with Crippen molar-refractivity contribution in [2.75, 3.05) is 6.61 Å². The van der Waals surface area contributed by atoms with Crippen LogP contribution in [0.4, 0.5) is 0 Å². The minimum absolute atomic E-state index is 0.348. The lowest BCUT2D eigenvalue weighted by atomic mass is 9.78. The quantitative estimate of drug-likeness (QED) is 0.432. The summed E-state index contributed by atoms with van der Waals surface area (Å²) in [6, 6.07) is 0. The molecule has 0 aliphatic rings. The first kappa shape index (κ1) is 12.9. The fraction of sp³-hybridized carbons (Fsp3) is 0.818. The Morgan fingerprint density at radius 3 is 2.46 bits per heavy atom. The van der Waals surface area contributed by atoms with Gasteiger partial charge < -0.3 is 4.43 Å². The second-order valence-corrected chi connectivity index (χ2v) is 4.34. The summed E-state index contributed by atoms with van der Waals surface area (Å²) >= 11 is 0. The van der Waals surface area contributed by atoms with Gasteiger partial charge >= 0.3 is 0 Å². The van der Waals surface area contributed by atoms with Crippen molar-refractivity contribution in [1.29, 1.82) is 0 Å². The molecule has 78 valence electrons. The van der Waals surface area contributed by atoms with Crippen LogP contribution in [0.3, 0.4) is 0 Å². The third kappa shape index (κ3) is 4.63. The van der Waals surface area contributed by atoms with E-state index in [0.717, 1.165) is 23.5 Å². The molecule has 2 heteroatoms. The standard InChI is InChI=1S/C11H24OSi/c1-4-7-8-11(5-2,6-3)9-10-12-13/h5H,2,4,6-10H2,1,3,13H3. The molecule has 13 heavy (non-hydrogen) atoms. The highest BCUT2D eigenvalue weighted by Crippen LogP contribution is 2.33. The minimum atomic E-state index is 0.348. The molecule has 0 N–H and O–H groups in total. The first-order chi connectivity index (χ1) is 6.24. The molecule has 0 radical (unpaired) electrons. The van der Waals surface area contributed by atoms with E-state index in [1.54, 1.807) is 0 Å². The normalized spacial score (nSPS) is 15.5. The molecular weight excluding hydrogens is 176 g/mol. The lowest BCUT2D eigenvalue weighted by Gasteiger charge is -2.29. The van der Waals surface area contributed by atoms with Crippen LogP contribution in [-0.4, -0.2) is 17.1 Å². The van der Waals surface area contributed by atoms with Crippen molar-refractivity contribution >= 4 is 10.5 Å². The summed E-state index contributed by atoms with van der Waals surface area (Å²) in [6.45, 7) is 9.38. The maximum absolute atomic E-state index is 5.27. The lowest BCUT2D eigenvalue weighted by molar-refractivity contribution is 0.228. The molecule has 1 atom stereocenters. The summed E-state index contributed by atoms with van der Waals surface area (Å²) in [5, 5.41) is 0. The van der Waals surface area contributed by atoms with Crippen LogP contribution in [-0.2, 0) is 4.43 Å². The van der Waals surface area contributed by atoms with Gasteiger partial charge in [-0.2, -0.15) is 0 Å². The van der Waals surface area contributed by atoms with Gasteiger partial charge in [-0.05, 0) is 24.7 Å². The predicted molar refractivity (Wildman–Crippen MR) is 63.0 cm³/mol. The van der Waals surface area contributed by atoms with Crippen LogP contribution >= 0.6 is 0 Å². The number of allylic oxidation sites excluding steroid dienone is 1. The van der Waals surface area contributed by atoms with Gasteiger partial charge in [0.25, 0.3) is 0 Å². The summed E-state index contributed by atoms with van der Waals surface area (Å²) in [6.07, 6.45) is 8.34. The van der Waals surface area contributed by atoms with Crippen molar-refractivity contribution in [3.05, 3.63) is 12.7 Å². The highest BCUT2D eigenvalue weighted by molar-refractivity contribution is 5.97. The van der Waals surface area contributed by atoms with E-state index >= 15 is 0 Å². The molecule has 0 amide bonds. The fourth-order valence-corrected chi connectivity index (χ4v) is 1.87. The Kier molecular flexibility index (Phi) is 7.29. The third-order valence-corrected chi connectivity index (χ3v) is 3.38. The van der Waals surface area contributed by atoms with Crippen LogP contribution in [0.5, 0.6) is 0 Å². The van der Waals surface area contributed by atoms with Crippen molar-refractivity contribution in [1.82, 2.24) is 0 Å². The summed E-state index contributed by atoms with van der Waals surface area (Å²) in [5.41, 5.74) is 0.348. The fourth-order valence-electron chi connectivity index (χ4n) is 1.66. The molecule has 0 rings (SSSR count). The molecule has 0 aromatic rings. The Balaban J connectivity index is 4.04. The van der Waals surface area contributed by atoms with Gasteiger partial charge in [0.05, 0.1) is 0 Å². The first-order valence-electron chi connectivity index (χ1n) is 5.37. The zero-order valence-electron chi connectivity index (χ0n) is 9.44. The topological polar surface area (TPSA) is 9.23 Å². The van der Waals surface area contributed by atoms with Gasteiger partial charge in [0.2, 0.25) is 0 Å². The number of hydrogen-bond donors (Lipinski definition) is 0. The van der Waals surface area contributed by atoms with Crippen molar-refractivity contribution in [2.24, 2.45) is 5.41 Å². The van der Waals surface area contributed by atoms with Gasteiger partial charge in [0.1, 0.15) is 10.5 Å². The second-order valence-electron chi connectivity index (χ2n) is 3.77. The highest BCUT2D eigenvalue weighted by Gasteiger charge is 2.22. The average Bonchev–Trinajstić information content (AvgIpc) is 2.20. The van der Waals surface area contributed by atoms with E-state index in [4.69, 9.17) is 4.43 Å². The van der Waals surface area contributed by atoms with Gasteiger partial charge in [0.15, 0.2) is 0 Å². The molecule has 0 aromatic heterocycles. The average molecular weight is 200 g/mol. The maximum atomic E-state index is 5.27. The summed E-state index contributed by atoms with van der Waals surface area (Å²) in [7, 11) is 0.858. The summed E-state index contributed by atoms with van der Waals surface area (Å²) in [4.78, 5) is 0. The largest absolute Gasteiger partial charge is 0.428 e. The molecule has 0 heterocycles. The van der Waals surface area contributed by atoms with Crippen LogP contribution in [0, 0.1) is 5.41 Å². The van der Waals surface area contributed by atoms with Crippen molar-refractivity contribution in [2.45, 2.75) is 46.0 Å². The van der Waals surface area contributed by atoms with Gasteiger partial charge in [-0.25, -0.2) is 0 Å². The monoisotopic (exact) mass is 200 g/mol. The molecule has 1 nitrogen and oxygen atoms in total. The van der Waals surface area contributed by atoms with E-state index in [2.05, 4.69) is 26.5 Å². The highest BCUT2D eigenvalue weighted by atomic mass is 28.2. The zero-order chi connectivity index (χ0) is 10.2. The van der Waals surface area contributed by atoms with E-state index in [0.29, 0.717) is 5.41 Å². The number of hydrogen-bond acceptors (Lipinski definition) is 1. The van der Waals surface area contributed by atoms with Gasteiger partial charge in [-0.3, -0.25) is 0 Å². The van der Waals surface area contributed by atoms with Crippen LogP contribution < -0.4 is 0 Å². The molecule has 0 aromatic carbocycles. The van der Waals surface area contributed by atoms with E-state index in [-0.39, 0.29) is 0 Å². The Hall–Kier alpha value is -0.0831. The molecular formula is C11H24OSi. The second kappa shape index (κ2) is 7.33. The van der Waals surface area contributed by atoms with Crippen molar-refractivity contribution in [3.8, 4) is 0 Å². The Labute approximate surface area is 86.1 Å². The molecule has 0 aliphatic carbocycles. The maximum Gasteiger partial charge on any atom is 0.145 e. The summed E-state index contributed by atoms with van der Waals surface area (Å²) < 4.78 is 5.27. The Morgan fingerprint density at radius 1 is 1.38 bits per heavy atom. The molecule has 1 unspecified atom stereocenters. The molecule has 0 spiro atoms. The van der Waals surface area contributed by atoms with Gasteiger partial charge in [-0.1, -0.05) is 32.8 Å². The molecule has 0 bridgehead atoms. The van der Waals surface area contributed by atoms with Crippen LogP contribution in [0.1, 0.15) is 46.0 Å². The Morgan fingerprint density at radius 2 is 2.08 bits per heavy atom. The zero-order valence-corrected chi connectivity index (χ0v) is 11.4.